The van der Waals surface area contributed by atoms with Crippen LogP contribution in [0.25, 0.3) is 0 Å². The summed E-state index contributed by atoms with van der Waals surface area (Å²) in [5, 5.41) is 3.48. The molecule has 1 aromatic heterocycles. The molecule has 2 aliphatic carbocycles. The number of nitrogens with one attached hydrogen (secondary N) is 1. The van der Waals surface area contributed by atoms with Gasteiger partial charge in [-0.1, -0.05) is 6.42 Å². The van der Waals surface area contributed by atoms with Crippen molar-refractivity contribution >= 4 is 11.5 Å². The Balaban J connectivity index is 1.62. The van der Waals surface area contributed by atoms with Crippen LogP contribution in [0.3, 0.4) is 0 Å². The highest BCUT2D eigenvalue weighted by molar-refractivity contribution is 5.53. The fraction of sp³-hybridized carbons (Fsp3) is 0.706. The van der Waals surface area contributed by atoms with Crippen LogP contribution in [0.1, 0.15) is 46.5 Å². The number of pyridine rings is 1. The van der Waals surface area contributed by atoms with E-state index in [0.717, 1.165) is 30.1 Å². The van der Waals surface area contributed by atoms with Gasteiger partial charge in [0, 0.05) is 6.54 Å². The highest BCUT2D eigenvalue weighted by Gasteiger charge is 2.39. The predicted octanol–water partition coefficient (Wildman–Crippen LogP) is 3.69. The fourth-order valence-corrected chi connectivity index (χ4v) is 3.78. The van der Waals surface area contributed by atoms with E-state index in [1.165, 1.54) is 25.7 Å². The molecule has 3 unspecified atom stereocenters. The third kappa shape index (κ3) is 3.42. The first kappa shape index (κ1) is 14.5. The Labute approximate surface area is 127 Å². The van der Waals surface area contributed by atoms with E-state index in [9.17, 15) is 0 Å². The molecule has 0 amide bonds. The first-order valence-electron chi connectivity index (χ1n) is 8.10. The minimum atomic E-state index is -0.287. The lowest BCUT2D eigenvalue weighted by molar-refractivity contribution is 0.125. The SMILES string of the molecule is CC(C)(C)Oc1nc(NCC2CC3CCC2C3)ccc1N. The molecule has 2 aliphatic rings. The van der Waals surface area contributed by atoms with Gasteiger partial charge in [0.1, 0.15) is 11.4 Å². The largest absolute Gasteiger partial charge is 0.470 e. The summed E-state index contributed by atoms with van der Waals surface area (Å²) in [5.74, 6) is 4.13. The van der Waals surface area contributed by atoms with E-state index in [1.54, 1.807) is 0 Å². The van der Waals surface area contributed by atoms with Gasteiger partial charge in [0.15, 0.2) is 0 Å². The van der Waals surface area contributed by atoms with Gasteiger partial charge in [-0.05, 0) is 69.9 Å². The molecule has 0 saturated heterocycles. The van der Waals surface area contributed by atoms with Gasteiger partial charge in [-0.3, -0.25) is 0 Å². The van der Waals surface area contributed by atoms with Crippen molar-refractivity contribution in [2.75, 3.05) is 17.6 Å². The number of aromatic nitrogens is 1. The minimum absolute atomic E-state index is 0.287. The van der Waals surface area contributed by atoms with Crippen LogP contribution < -0.4 is 15.8 Å². The number of anilines is 2. The molecule has 1 heterocycles. The maximum absolute atomic E-state index is 5.95. The van der Waals surface area contributed by atoms with E-state index in [-0.39, 0.29) is 5.60 Å². The van der Waals surface area contributed by atoms with Crippen molar-refractivity contribution in [3.8, 4) is 5.88 Å². The van der Waals surface area contributed by atoms with E-state index < -0.39 is 0 Å². The van der Waals surface area contributed by atoms with Crippen LogP contribution >= 0.6 is 0 Å². The lowest BCUT2D eigenvalue weighted by Gasteiger charge is -2.23. The van der Waals surface area contributed by atoms with Crippen LogP contribution in [-0.4, -0.2) is 17.1 Å². The number of nitrogen functional groups attached to an aromatic ring is 1. The zero-order valence-corrected chi connectivity index (χ0v) is 13.4. The van der Waals surface area contributed by atoms with E-state index >= 15 is 0 Å². The number of ether oxygens (including phenoxy) is 1. The highest BCUT2D eigenvalue weighted by atomic mass is 16.5. The third-order valence-corrected chi connectivity index (χ3v) is 4.72. The van der Waals surface area contributed by atoms with Crippen LogP contribution in [-0.2, 0) is 0 Å². The van der Waals surface area contributed by atoms with E-state index in [0.29, 0.717) is 11.6 Å². The van der Waals surface area contributed by atoms with E-state index in [1.807, 2.05) is 32.9 Å². The maximum atomic E-state index is 5.95. The minimum Gasteiger partial charge on any atom is -0.470 e. The van der Waals surface area contributed by atoms with Crippen molar-refractivity contribution in [2.45, 2.75) is 52.1 Å². The van der Waals surface area contributed by atoms with Gasteiger partial charge in [-0.25, -0.2) is 0 Å². The summed E-state index contributed by atoms with van der Waals surface area (Å²) in [6.07, 6.45) is 5.70. The molecule has 4 nitrogen and oxygen atoms in total. The monoisotopic (exact) mass is 289 g/mol. The van der Waals surface area contributed by atoms with Crippen LogP contribution in [0.4, 0.5) is 11.5 Å². The Morgan fingerprint density at radius 2 is 2.10 bits per heavy atom. The summed E-state index contributed by atoms with van der Waals surface area (Å²) >= 11 is 0. The summed E-state index contributed by atoms with van der Waals surface area (Å²) < 4.78 is 5.82. The number of fused-ring (bicyclic) bond motifs is 2. The average Bonchev–Trinajstić information content (AvgIpc) is 3.00. The molecule has 1 aromatic rings. The van der Waals surface area contributed by atoms with Gasteiger partial charge < -0.3 is 15.8 Å². The zero-order valence-electron chi connectivity index (χ0n) is 13.4. The number of hydrogen-bond donors (Lipinski definition) is 2. The number of nitrogens with zero attached hydrogens (tertiary/aromatic N) is 1. The van der Waals surface area contributed by atoms with Crippen molar-refractivity contribution < 1.29 is 4.74 Å². The quantitative estimate of drug-likeness (QED) is 0.887. The van der Waals surface area contributed by atoms with Gasteiger partial charge in [0.2, 0.25) is 5.88 Å². The second-order valence-electron chi connectivity index (χ2n) is 7.62. The van der Waals surface area contributed by atoms with Gasteiger partial charge in [-0.15, -0.1) is 0 Å². The summed E-state index contributed by atoms with van der Waals surface area (Å²) in [7, 11) is 0. The molecular weight excluding hydrogens is 262 g/mol. The molecule has 2 fully saturated rings. The topological polar surface area (TPSA) is 60.2 Å². The molecule has 3 rings (SSSR count). The smallest absolute Gasteiger partial charge is 0.239 e. The molecule has 0 radical (unpaired) electrons. The van der Waals surface area contributed by atoms with Crippen molar-refractivity contribution in [1.82, 2.24) is 4.98 Å². The second-order valence-corrected chi connectivity index (χ2v) is 7.62. The highest BCUT2D eigenvalue weighted by Crippen LogP contribution is 2.48. The van der Waals surface area contributed by atoms with Crippen molar-refractivity contribution in [3.05, 3.63) is 12.1 Å². The molecule has 116 valence electrons. The molecule has 0 aromatic carbocycles. The second kappa shape index (κ2) is 5.39. The Morgan fingerprint density at radius 3 is 2.71 bits per heavy atom. The summed E-state index contributed by atoms with van der Waals surface area (Å²) in [5.41, 5.74) is 6.25. The van der Waals surface area contributed by atoms with Gasteiger partial charge in [0.05, 0.1) is 5.69 Å². The standard InChI is InChI=1S/C17H27N3O/c1-17(2,3)21-16-14(18)6-7-15(20-16)19-10-13-9-11-4-5-12(13)8-11/h6-7,11-13H,4-5,8-10,18H2,1-3H3,(H,19,20). The lowest BCUT2D eigenvalue weighted by atomic mass is 9.89. The third-order valence-electron chi connectivity index (χ3n) is 4.72. The van der Waals surface area contributed by atoms with E-state index in [2.05, 4.69) is 10.3 Å². The van der Waals surface area contributed by atoms with Crippen LogP contribution in [0.15, 0.2) is 12.1 Å². The lowest BCUT2D eigenvalue weighted by Crippen LogP contribution is -2.25. The summed E-state index contributed by atoms with van der Waals surface area (Å²) in [6, 6.07) is 3.81. The zero-order chi connectivity index (χ0) is 15.0. The molecule has 3 atom stereocenters. The predicted molar refractivity (Wildman–Crippen MR) is 86.5 cm³/mol. The van der Waals surface area contributed by atoms with Crippen molar-refractivity contribution in [2.24, 2.45) is 17.8 Å². The molecular formula is C17H27N3O. The number of nitrogens with two attached hydrogens (primary N) is 1. The van der Waals surface area contributed by atoms with Crippen LogP contribution in [0.5, 0.6) is 5.88 Å². The average molecular weight is 289 g/mol. The summed E-state index contributed by atoms with van der Waals surface area (Å²) in [4.78, 5) is 4.52. The first-order chi connectivity index (χ1) is 9.90. The Bertz CT molecular complexity index is 509. The molecule has 4 heteroatoms. The Hall–Kier alpha value is -1.45. The first-order valence-corrected chi connectivity index (χ1v) is 8.10. The number of rotatable bonds is 4. The maximum Gasteiger partial charge on any atom is 0.239 e. The van der Waals surface area contributed by atoms with Gasteiger partial charge in [-0.2, -0.15) is 4.98 Å². The van der Waals surface area contributed by atoms with Crippen LogP contribution in [0, 0.1) is 17.8 Å². The molecule has 2 saturated carbocycles. The normalized spacial score (nSPS) is 27.9. The van der Waals surface area contributed by atoms with Crippen molar-refractivity contribution in [1.29, 1.82) is 0 Å². The Morgan fingerprint density at radius 1 is 1.29 bits per heavy atom. The summed E-state index contributed by atoms with van der Waals surface area (Å²) in [6.45, 7) is 7.03. The van der Waals surface area contributed by atoms with Gasteiger partial charge in [0.25, 0.3) is 0 Å². The number of hydrogen-bond acceptors (Lipinski definition) is 4. The van der Waals surface area contributed by atoms with Crippen molar-refractivity contribution in [3.63, 3.8) is 0 Å². The van der Waals surface area contributed by atoms with E-state index in [4.69, 9.17) is 10.5 Å². The Kier molecular flexibility index (Phi) is 3.72. The molecule has 0 spiro atoms. The van der Waals surface area contributed by atoms with Gasteiger partial charge >= 0.3 is 0 Å². The molecule has 21 heavy (non-hydrogen) atoms. The fourth-order valence-electron chi connectivity index (χ4n) is 3.78. The van der Waals surface area contributed by atoms with Crippen LogP contribution in [0.2, 0.25) is 0 Å². The molecule has 0 aliphatic heterocycles. The molecule has 3 N–H and O–H groups in total. The molecule has 2 bridgehead atoms.